The molecule has 0 bridgehead atoms. The van der Waals surface area contributed by atoms with Crippen LogP contribution in [-0.2, 0) is 4.79 Å². The first-order valence-corrected chi connectivity index (χ1v) is 7.00. The van der Waals surface area contributed by atoms with Crippen molar-refractivity contribution in [2.24, 2.45) is 0 Å². The maximum absolute atomic E-state index is 12.0. The fourth-order valence-electron chi connectivity index (χ4n) is 2.44. The van der Waals surface area contributed by atoms with Crippen LogP contribution in [0.15, 0.2) is 12.2 Å². The van der Waals surface area contributed by atoms with E-state index in [0.717, 1.165) is 19.6 Å². The molecule has 1 aliphatic heterocycles. The first-order valence-electron chi connectivity index (χ1n) is 7.00. The molecule has 1 atom stereocenters. The van der Waals surface area contributed by atoms with E-state index >= 15 is 0 Å². The average molecular weight is 281 g/mol. The number of carbonyl (C=O) groups excluding carboxylic acids is 1. The van der Waals surface area contributed by atoms with E-state index in [4.69, 9.17) is 5.26 Å². The first kappa shape index (κ1) is 16.8. The maximum Gasteiger partial charge on any atom is 0.169 e. The highest BCUT2D eigenvalue weighted by molar-refractivity contribution is 5.91. The summed E-state index contributed by atoms with van der Waals surface area (Å²) >= 11 is 0. The zero-order valence-electron chi connectivity index (χ0n) is 12.6. The number of allylic oxidation sites excluding steroid dienone is 1. The molecule has 0 spiro atoms. The van der Waals surface area contributed by atoms with E-state index in [2.05, 4.69) is 31.7 Å². The number of hydrogen-bond donors (Lipinski definition) is 0. The monoisotopic (exact) mass is 281 g/mol. The van der Waals surface area contributed by atoms with Crippen molar-refractivity contribution in [3.05, 3.63) is 12.2 Å². The lowest BCUT2D eigenvalue weighted by Crippen LogP contribution is -2.58. The van der Waals surface area contributed by atoms with Gasteiger partial charge in [-0.15, -0.1) is 0 Å². The third kappa shape index (κ3) is 5.03. The molecule has 1 saturated heterocycles. The number of nitriles is 1. The van der Waals surface area contributed by atoms with Gasteiger partial charge in [-0.3, -0.25) is 14.6 Å². The van der Waals surface area contributed by atoms with Gasteiger partial charge >= 0.3 is 0 Å². The molecule has 5 heteroatoms. The van der Waals surface area contributed by atoms with Gasteiger partial charge in [-0.05, 0) is 26.8 Å². The number of piperazine rings is 1. The fraction of sp³-hybridized carbons (Fsp3) is 0.733. The lowest BCUT2D eigenvalue weighted by atomic mass is 10.0. The number of nitrogens with zero attached hydrogens (tertiary/aromatic N) is 3. The summed E-state index contributed by atoms with van der Waals surface area (Å²) < 4.78 is 12.0. The summed E-state index contributed by atoms with van der Waals surface area (Å²) in [5.74, 6) is -0.102. The molecule has 0 radical (unpaired) electrons. The molecule has 0 N–H and O–H groups in total. The molecule has 1 aliphatic rings. The van der Waals surface area contributed by atoms with Crippen molar-refractivity contribution >= 4 is 5.78 Å². The summed E-state index contributed by atoms with van der Waals surface area (Å²) in [6.07, 6.45) is 2.93. The van der Waals surface area contributed by atoms with Gasteiger partial charge in [-0.1, -0.05) is 6.08 Å². The van der Waals surface area contributed by atoms with Gasteiger partial charge in [0.1, 0.15) is 6.67 Å². The molecular formula is C15H24FN3O. The minimum Gasteiger partial charge on any atom is -0.296 e. The third-order valence-electron chi connectivity index (χ3n) is 3.63. The molecule has 1 rings (SSSR count). The van der Waals surface area contributed by atoms with Crippen LogP contribution < -0.4 is 0 Å². The van der Waals surface area contributed by atoms with Crippen LogP contribution in [0.4, 0.5) is 4.39 Å². The lowest BCUT2D eigenvalue weighted by Gasteiger charge is -2.46. The number of hydrogen-bond acceptors (Lipinski definition) is 4. The average Bonchev–Trinajstić information content (AvgIpc) is 2.37. The van der Waals surface area contributed by atoms with Crippen LogP contribution in [0.25, 0.3) is 0 Å². The summed E-state index contributed by atoms with van der Waals surface area (Å²) in [7, 11) is 0. The number of alkyl halides is 1. The maximum atomic E-state index is 12.0. The first-order chi connectivity index (χ1) is 9.38. The molecule has 4 nitrogen and oxygen atoms in total. The van der Waals surface area contributed by atoms with Crippen LogP contribution in [0.2, 0.25) is 0 Å². The molecule has 0 aliphatic carbocycles. The zero-order chi connectivity index (χ0) is 15.2. The van der Waals surface area contributed by atoms with Gasteiger partial charge in [-0.25, -0.2) is 4.39 Å². The van der Waals surface area contributed by atoms with Crippen molar-refractivity contribution in [3.8, 4) is 6.07 Å². The second-order valence-corrected chi connectivity index (χ2v) is 6.13. The topological polar surface area (TPSA) is 47.3 Å². The summed E-state index contributed by atoms with van der Waals surface area (Å²) in [6, 6.07) is 2.26. The predicted molar refractivity (Wildman–Crippen MR) is 77.0 cm³/mol. The van der Waals surface area contributed by atoms with Crippen molar-refractivity contribution in [1.82, 2.24) is 9.80 Å². The van der Waals surface area contributed by atoms with Crippen LogP contribution in [0.5, 0.6) is 0 Å². The molecular weight excluding hydrogens is 257 g/mol. The van der Waals surface area contributed by atoms with Crippen molar-refractivity contribution in [2.75, 3.05) is 32.9 Å². The second kappa shape index (κ2) is 7.51. The Bertz CT molecular complexity index is 395. The Morgan fingerprint density at radius 3 is 2.70 bits per heavy atom. The van der Waals surface area contributed by atoms with E-state index in [1.165, 1.54) is 12.2 Å². The van der Waals surface area contributed by atoms with Gasteiger partial charge in [0.15, 0.2) is 5.78 Å². The van der Waals surface area contributed by atoms with E-state index in [0.29, 0.717) is 6.42 Å². The molecule has 1 unspecified atom stereocenters. The second-order valence-electron chi connectivity index (χ2n) is 6.13. The Morgan fingerprint density at radius 1 is 1.45 bits per heavy atom. The summed E-state index contributed by atoms with van der Waals surface area (Å²) in [4.78, 5) is 16.1. The van der Waals surface area contributed by atoms with Crippen molar-refractivity contribution < 1.29 is 9.18 Å². The molecule has 1 heterocycles. The molecule has 0 amide bonds. The minimum absolute atomic E-state index is 0.0655. The highest BCUT2D eigenvalue weighted by Gasteiger charge is 2.32. The smallest absolute Gasteiger partial charge is 0.169 e. The Kier molecular flexibility index (Phi) is 6.31. The number of halogens is 1. The molecule has 0 aromatic heterocycles. The molecule has 1 fully saturated rings. The number of ketones is 1. The zero-order valence-corrected chi connectivity index (χ0v) is 12.6. The molecule has 0 aromatic carbocycles. The van der Waals surface area contributed by atoms with E-state index in [1.807, 2.05) is 4.90 Å². The van der Waals surface area contributed by atoms with Gasteiger partial charge in [0, 0.05) is 31.2 Å². The Hall–Kier alpha value is -1.25. The SMILES string of the molecule is CC(C)(C)N1CCN(CC(=O)/C=C/CF)C(CC#N)C1. The van der Waals surface area contributed by atoms with Crippen LogP contribution >= 0.6 is 0 Å². The Balaban J connectivity index is 2.66. The van der Waals surface area contributed by atoms with Crippen LogP contribution in [0.1, 0.15) is 27.2 Å². The van der Waals surface area contributed by atoms with Crippen LogP contribution in [-0.4, -0.2) is 60.0 Å². The number of carbonyl (C=O) groups is 1. The van der Waals surface area contributed by atoms with Gasteiger partial charge in [0.2, 0.25) is 0 Å². The highest BCUT2D eigenvalue weighted by atomic mass is 19.1. The largest absolute Gasteiger partial charge is 0.296 e. The van der Waals surface area contributed by atoms with Crippen molar-refractivity contribution in [3.63, 3.8) is 0 Å². The van der Waals surface area contributed by atoms with E-state index in [1.54, 1.807) is 0 Å². The quantitative estimate of drug-likeness (QED) is 0.721. The third-order valence-corrected chi connectivity index (χ3v) is 3.63. The van der Waals surface area contributed by atoms with Crippen LogP contribution in [0, 0.1) is 11.3 Å². The molecule has 0 aromatic rings. The fourth-order valence-corrected chi connectivity index (χ4v) is 2.44. The van der Waals surface area contributed by atoms with Crippen molar-refractivity contribution in [2.45, 2.75) is 38.8 Å². The predicted octanol–water partition coefficient (Wildman–Crippen LogP) is 1.78. The van der Waals surface area contributed by atoms with Gasteiger partial charge in [-0.2, -0.15) is 5.26 Å². The van der Waals surface area contributed by atoms with Gasteiger partial charge in [0.05, 0.1) is 19.0 Å². The summed E-state index contributed by atoms with van der Waals surface area (Å²) in [5, 5.41) is 8.96. The Labute approximate surface area is 120 Å². The molecule has 0 saturated carbocycles. The summed E-state index contributed by atoms with van der Waals surface area (Å²) in [6.45, 7) is 8.54. The normalized spacial score (nSPS) is 22.1. The van der Waals surface area contributed by atoms with Gasteiger partial charge in [0.25, 0.3) is 0 Å². The van der Waals surface area contributed by atoms with E-state index < -0.39 is 6.67 Å². The minimum atomic E-state index is -0.620. The van der Waals surface area contributed by atoms with E-state index in [-0.39, 0.29) is 23.9 Å². The van der Waals surface area contributed by atoms with Crippen LogP contribution in [0.3, 0.4) is 0 Å². The van der Waals surface area contributed by atoms with Gasteiger partial charge < -0.3 is 0 Å². The summed E-state index contributed by atoms with van der Waals surface area (Å²) in [5.41, 5.74) is 0.0674. The molecule has 112 valence electrons. The number of rotatable bonds is 5. The Morgan fingerprint density at radius 2 is 2.15 bits per heavy atom. The van der Waals surface area contributed by atoms with Crippen molar-refractivity contribution in [1.29, 1.82) is 5.26 Å². The lowest BCUT2D eigenvalue weighted by molar-refractivity contribution is -0.117. The standard InChI is InChI=1S/C15H24FN3O/c1-15(2,3)19-10-9-18(13(11-19)6-8-17)12-14(20)5-4-7-16/h4-5,13H,6-7,9-12H2,1-3H3/b5-4+. The highest BCUT2D eigenvalue weighted by Crippen LogP contribution is 2.20. The van der Waals surface area contributed by atoms with E-state index in [9.17, 15) is 9.18 Å². The molecule has 20 heavy (non-hydrogen) atoms.